The fourth-order valence-electron chi connectivity index (χ4n) is 1.88. The highest BCUT2D eigenvalue weighted by Crippen LogP contribution is 2.31. The van der Waals surface area contributed by atoms with Gasteiger partial charge in [0.1, 0.15) is 5.69 Å². The molecular weight excluding hydrogens is 318 g/mol. The zero-order valence-corrected chi connectivity index (χ0v) is 13.7. The van der Waals surface area contributed by atoms with Crippen molar-refractivity contribution in [2.75, 3.05) is 5.32 Å². The van der Waals surface area contributed by atoms with Crippen molar-refractivity contribution in [1.82, 2.24) is 16.2 Å². The summed E-state index contributed by atoms with van der Waals surface area (Å²) in [5, 5.41) is 17.4. The van der Waals surface area contributed by atoms with Gasteiger partial charge in [-0.25, -0.2) is 0 Å². The molecular formula is C14H19N5O3S. The van der Waals surface area contributed by atoms with Crippen LogP contribution in [0.4, 0.5) is 11.4 Å². The number of anilines is 1. The van der Waals surface area contributed by atoms with Crippen LogP contribution in [0, 0.1) is 10.1 Å². The molecule has 1 aromatic carbocycles. The zero-order valence-electron chi connectivity index (χ0n) is 12.9. The average Bonchev–Trinajstić information content (AvgIpc) is 3.28. The smallest absolute Gasteiger partial charge is 0.293 e. The van der Waals surface area contributed by atoms with Gasteiger partial charge in [-0.3, -0.25) is 25.8 Å². The summed E-state index contributed by atoms with van der Waals surface area (Å²) < 4.78 is 0. The highest BCUT2D eigenvalue weighted by atomic mass is 32.1. The van der Waals surface area contributed by atoms with E-state index >= 15 is 0 Å². The van der Waals surface area contributed by atoms with Crippen LogP contribution in [0.5, 0.6) is 0 Å². The Bertz CT molecular complexity index is 631. The summed E-state index contributed by atoms with van der Waals surface area (Å²) in [6, 6.07) is 4.75. The molecule has 1 fully saturated rings. The van der Waals surface area contributed by atoms with E-state index in [0.717, 1.165) is 12.8 Å². The fraction of sp³-hybridized carbons (Fsp3) is 0.429. The van der Waals surface area contributed by atoms with Gasteiger partial charge in [-0.2, -0.15) is 0 Å². The number of hydrazine groups is 1. The first-order chi connectivity index (χ1) is 10.9. The highest BCUT2D eigenvalue weighted by molar-refractivity contribution is 7.80. The number of nitro groups is 1. The molecule has 0 spiro atoms. The molecule has 1 aromatic rings. The fourth-order valence-corrected chi connectivity index (χ4v) is 2.16. The molecule has 0 aromatic heterocycles. The molecule has 2 rings (SSSR count). The summed E-state index contributed by atoms with van der Waals surface area (Å²) in [5.41, 5.74) is 5.45. The van der Waals surface area contributed by atoms with E-state index in [4.69, 9.17) is 12.2 Å². The molecule has 8 nitrogen and oxygen atoms in total. The maximum absolute atomic E-state index is 12.1. The predicted molar refractivity (Wildman–Crippen MR) is 91.2 cm³/mol. The summed E-state index contributed by atoms with van der Waals surface area (Å²) >= 11 is 4.99. The quantitative estimate of drug-likeness (QED) is 0.368. The van der Waals surface area contributed by atoms with Crippen molar-refractivity contribution in [2.45, 2.75) is 38.8 Å². The van der Waals surface area contributed by atoms with E-state index in [2.05, 4.69) is 21.5 Å². The van der Waals surface area contributed by atoms with Crippen molar-refractivity contribution in [3.05, 3.63) is 33.9 Å². The second kappa shape index (κ2) is 7.23. The molecule has 1 aliphatic rings. The number of thiocarbonyl (C=S) groups is 1. The van der Waals surface area contributed by atoms with Crippen LogP contribution in [0.1, 0.15) is 37.0 Å². The van der Waals surface area contributed by atoms with Gasteiger partial charge >= 0.3 is 0 Å². The van der Waals surface area contributed by atoms with Gasteiger partial charge < -0.3 is 10.6 Å². The first kappa shape index (κ1) is 16.9. The molecule has 0 heterocycles. The maximum atomic E-state index is 12.1. The molecule has 1 aliphatic carbocycles. The minimum absolute atomic E-state index is 0.118. The van der Waals surface area contributed by atoms with Crippen LogP contribution in [-0.4, -0.2) is 28.0 Å². The van der Waals surface area contributed by atoms with Gasteiger partial charge in [0.15, 0.2) is 5.11 Å². The minimum Gasteiger partial charge on any atom is -0.377 e. The van der Waals surface area contributed by atoms with Gasteiger partial charge in [-0.1, -0.05) is 0 Å². The third kappa shape index (κ3) is 5.06. The van der Waals surface area contributed by atoms with E-state index in [1.807, 2.05) is 13.8 Å². The monoisotopic (exact) mass is 337 g/mol. The first-order valence-corrected chi connectivity index (χ1v) is 7.69. The number of carbonyl (C=O) groups is 1. The normalized spacial score (nSPS) is 13.3. The lowest BCUT2D eigenvalue weighted by Gasteiger charge is -2.14. The molecule has 23 heavy (non-hydrogen) atoms. The standard InChI is InChI=1S/C14H19N5O3S/c1-8(2)15-14(23)18-17-13(20)9-3-6-11(16-10-4-5-10)12(7-9)19(21)22/h3,6-8,10,16H,4-5H2,1-2H3,(H,17,20)(H2,15,18,23). The lowest BCUT2D eigenvalue weighted by molar-refractivity contribution is -0.384. The number of hydrogen-bond acceptors (Lipinski definition) is 5. The second-order valence-electron chi connectivity index (χ2n) is 5.61. The van der Waals surface area contributed by atoms with E-state index < -0.39 is 10.8 Å². The van der Waals surface area contributed by atoms with Crippen molar-refractivity contribution in [3.63, 3.8) is 0 Å². The molecule has 0 unspecified atom stereocenters. The summed E-state index contributed by atoms with van der Waals surface area (Å²) in [6.45, 7) is 3.81. The molecule has 1 amide bonds. The molecule has 0 saturated heterocycles. The third-order valence-electron chi connectivity index (χ3n) is 3.10. The summed E-state index contributed by atoms with van der Waals surface area (Å²) in [6.07, 6.45) is 2.01. The Morgan fingerprint density at radius 2 is 2.04 bits per heavy atom. The number of benzene rings is 1. The summed E-state index contributed by atoms with van der Waals surface area (Å²) in [5.74, 6) is -0.501. The van der Waals surface area contributed by atoms with E-state index in [9.17, 15) is 14.9 Å². The van der Waals surface area contributed by atoms with Gasteiger partial charge in [-0.05, 0) is 51.0 Å². The van der Waals surface area contributed by atoms with Crippen molar-refractivity contribution in [3.8, 4) is 0 Å². The second-order valence-corrected chi connectivity index (χ2v) is 6.02. The lowest BCUT2D eigenvalue weighted by atomic mass is 10.1. The SMILES string of the molecule is CC(C)NC(=S)NNC(=O)c1ccc(NC2CC2)c([N+](=O)[O-])c1. The molecule has 0 atom stereocenters. The van der Waals surface area contributed by atoms with Crippen LogP contribution >= 0.6 is 12.2 Å². The highest BCUT2D eigenvalue weighted by Gasteiger charge is 2.25. The molecule has 0 aliphatic heterocycles. The Morgan fingerprint density at radius 3 is 2.61 bits per heavy atom. The Kier molecular flexibility index (Phi) is 5.32. The van der Waals surface area contributed by atoms with E-state index in [0.29, 0.717) is 5.69 Å². The van der Waals surface area contributed by atoms with Crippen LogP contribution in [0.3, 0.4) is 0 Å². The molecule has 4 N–H and O–H groups in total. The number of carbonyl (C=O) groups excluding carboxylic acids is 1. The van der Waals surface area contributed by atoms with Crippen LogP contribution in [0.15, 0.2) is 18.2 Å². The molecule has 0 radical (unpaired) electrons. The zero-order chi connectivity index (χ0) is 17.0. The van der Waals surface area contributed by atoms with Crippen molar-refractivity contribution >= 4 is 34.6 Å². The number of nitrogens with zero attached hydrogens (tertiary/aromatic N) is 1. The average molecular weight is 337 g/mol. The number of amides is 1. The number of nitrogens with one attached hydrogen (secondary N) is 4. The van der Waals surface area contributed by atoms with Gasteiger partial charge in [0.05, 0.1) is 4.92 Å². The maximum Gasteiger partial charge on any atom is 0.293 e. The van der Waals surface area contributed by atoms with Crippen molar-refractivity contribution in [1.29, 1.82) is 0 Å². The molecule has 9 heteroatoms. The van der Waals surface area contributed by atoms with Crippen LogP contribution in [-0.2, 0) is 0 Å². The Morgan fingerprint density at radius 1 is 1.35 bits per heavy atom. The first-order valence-electron chi connectivity index (χ1n) is 7.28. The largest absolute Gasteiger partial charge is 0.377 e. The van der Waals surface area contributed by atoms with Crippen molar-refractivity contribution < 1.29 is 9.72 Å². The van der Waals surface area contributed by atoms with Gasteiger partial charge in [0.25, 0.3) is 11.6 Å². The summed E-state index contributed by atoms with van der Waals surface area (Å²) in [4.78, 5) is 22.7. The Labute approximate surface area is 139 Å². The van der Waals surface area contributed by atoms with Crippen LogP contribution in [0.25, 0.3) is 0 Å². The molecule has 0 bridgehead atoms. The number of hydrogen-bond donors (Lipinski definition) is 4. The topological polar surface area (TPSA) is 108 Å². The predicted octanol–water partition coefficient (Wildman–Crippen LogP) is 1.69. The van der Waals surface area contributed by atoms with E-state index in [1.165, 1.54) is 12.1 Å². The number of nitro benzene ring substituents is 1. The lowest BCUT2D eigenvalue weighted by Crippen LogP contribution is -2.48. The van der Waals surface area contributed by atoms with Crippen LogP contribution in [0.2, 0.25) is 0 Å². The van der Waals surface area contributed by atoms with Gasteiger partial charge in [0.2, 0.25) is 0 Å². The molecule has 1 saturated carbocycles. The third-order valence-corrected chi connectivity index (χ3v) is 3.32. The Balaban J connectivity index is 2.03. The van der Waals surface area contributed by atoms with E-state index in [1.54, 1.807) is 6.07 Å². The minimum atomic E-state index is -0.501. The van der Waals surface area contributed by atoms with Gasteiger partial charge in [0, 0.05) is 23.7 Å². The van der Waals surface area contributed by atoms with Gasteiger partial charge in [-0.15, -0.1) is 0 Å². The van der Waals surface area contributed by atoms with E-state index in [-0.39, 0.29) is 28.4 Å². The Hall–Kier alpha value is -2.42. The summed E-state index contributed by atoms with van der Waals surface area (Å²) in [7, 11) is 0. The van der Waals surface area contributed by atoms with Crippen molar-refractivity contribution in [2.24, 2.45) is 0 Å². The number of rotatable bonds is 5. The van der Waals surface area contributed by atoms with Crippen LogP contribution < -0.4 is 21.5 Å². The molecule has 124 valence electrons.